The molecule has 1 aliphatic heterocycles. The lowest BCUT2D eigenvalue weighted by Crippen LogP contribution is -2.45. The molecule has 1 aromatic carbocycles. The lowest BCUT2D eigenvalue weighted by Gasteiger charge is -2.33. The average molecular weight is 562 g/mol. The number of amides is 1. The zero-order chi connectivity index (χ0) is 28.8. The first-order chi connectivity index (χ1) is 20.5. The molecule has 1 aliphatic carbocycles. The van der Waals surface area contributed by atoms with Gasteiger partial charge in [0, 0.05) is 44.0 Å². The molecule has 4 aromatic heterocycles. The van der Waals surface area contributed by atoms with Crippen molar-refractivity contribution in [3.05, 3.63) is 78.3 Å². The number of imidazole rings is 1. The summed E-state index contributed by atoms with van der Waals surface area (Å²) >= 11 is 0. The number of anilines is 1. The number of nitrogens with one attached hydrogen (secondary N) is 1. The highest BCUT2D eigenvalue weighted by Gasteiger charge is 2.29. The predicted molar refractivity (Wildman–Crippen MR) is 159 cm³/mol. The molecule has 0 bridgehead atoms. The number of pyridine rings is 2. The zero-order valence-corrected chi connectivity index (χ0v) is 23.3. The van der Waals surface area contributed by atoms with Gasteiger partial charge in [-0.2, -0.15) is 0 Å². The number of piperidine rings is 1. The summed E-state index contributed by atoms with van der Waals surface area (Å²) in [5.41, 5.74) is 12.5. The highest BCUT2D eigenvalue weighted by Crippen LogP contribution is 2.37. The molecule has 42 heavy (non-hydrogen) atoms. The van der Waals surface area contributed by atoms with Gasteiger partial charge in [-0.1, -0.05) is 12.6 Å². The van der Waals surface area contributed by atoms with Crippen molar-refractivity contribution in [2.24, 2.45) is 0 Å². The smallest absolute Gasteiger partial charge is 0.266 e. The number of nitrogens with two attached hydrogens (primary N) is 1. The van der Waals surface area contributed by atoms with Crippen molar-refractivity contribution in [2.45, 2.75) is 44.7 Å². The monoisotopic (exact) mass is 561 g/mol. The minimum absolute atomic E-state index is 0.0143. The molecule has 3 N–H and O–H groups in total. The topological polar surface area (TPSA) is 141 Å². The van der Waals surface area contributed by atoms with Crippen LogP contribution in [0.15, 0.2) is 65.7 Å². The van der Waals surface area contributed by atoms with Crippen LogP contribution in [0.3, 0.4) is 0 Å². The Balaban J connectivity index is 1.24. The van der Waals surface area contributed by atoms with Gasteiger partial charge in [0.1, 0.15) is 17.0 Å². The minimum Gasteiger partial charge on any atom is -0.420 e. The zero-order valence-electron chi connectivity index (χ0n) is 23.3. The second-order valence-electron chi connectivity index (χ2n) is 10.8. The van der Waals surface area contributed by atoms with Crippen LogP contribution in [-0.2, 0) is 11.2 Å². The Labute approximate surface area is 242 Å². The lowest BCUT2D eigenvalue weighted by atomic mass is 10.0. The van der Waals surface area contributed by atoms with Gasteiger partial charge in [-0.05, 0) is 79.3 Å². The Kier molecular flexibility index (Phi) is 6.50. The second kappa shape index (κ2) is 10.5. The normalized spacial score (nSPS) is 17.1. The first-order valence-corrected chi connectivity index (χ1v) is 14.2. The molecule has 1 unspecified atom stereocenters. The Bertz CT molecular complexity index is 1820. The molecule has 2 aliphatic rings. The van der Waals surface area contributed by atoms with Crippen LogP contribution in [0.1, 0.15) is 42.3 Å². The van der Waals surface area contributed by atoms with E-state index in [1.807, 2.05) is 33.7 Å². The van der Waals surface area contributed by atoms with Gasteiger partial charge in [0.2, 0.25) is 11.8 Å². The second-order valence-corrected chi connectivity index (χ2v) is 10.8. The number of nitrogen functional groups attached to an aromatic ring is 1. The molecule has 212 valence electrons. The highest BCUT2D eigenvalue weighted by atomic mass is 16.4. The van der Waals surface area contributed by atoms with Crippen LogP contribution in [0, 0.1) is 6.92 Å². The minimum atomic E-state index is 0.0143. The third kappa shape index (κ3) is 4.61. The maximum atomic E-state index is 12.0. The summed E-state index contributed by atoms with van der Waals surface area (Å²) < 4.78 is 7.69. The summed E-state index contributed by atoms with van der Waals surface area (Å²) in [7, 11) is 0. The van der Waals surface area contributed by atoms with Crippen molar-refractivity contribution in [1.29, 1.82) is 0 Å². The van der Waals surface area contributed by atoms with Crippen LogP contribution in [0.25, 0.3) is 39.8 Å². The Morgan fingerprint density at radius 3 is 2.74 bits per heavy atom. The third-order valence-electron chi connectivity index (χ3n) is 8.21. The molecule has 1 atom stereocenters. The van der Waals surface area contributed by atoms with Crippen molar-refractivity contribution in [3.8, 4) is 28.7 Å². The molecule has 0 radical (unpaired) electrons. The molecule has 11 heteroatoms. The van der Waals surface area contributed by atoms with E-state index in [0.717, 1.165) is 55.5 Å². The van der Waals surface area contributed by atoms with Crippen molar-refractivity contribution in [1.82, 2.24) is 39.9 Å². The SMILES string of the molecule is C=CC(=O)N1CCC(NC2CCc3cc(-n4c(-c5cccnc5N)nc5ccc(-c6nnc(C)o6)nc54)ccc32)CC1. The fraction of sp³-hybridized carbons (Fsp3) is 0.290. The van der Waals surface area contributed by atoms with Crippen molar-refractivity contribution >= 4 is 22.9 Å². The number of hydrogen-bond donors (Lipinski definition) is 2. The van der Waals surface area contributed by atoms with E-state index in [0.29, 0.717) is 40.8 Å². The van der Waals surface area contributed by atoms with Gasteiger partial charge in [0.15, 0.2) is 11.5 Å². The van der Waals surface area contributed by atoms with Crippen molar-refractivity contribution < 1.29 is 9.21 Å². The largest absolute Gasteiger partial charge is 0.420 e. The van der Waals surface area contributed by atoms with Crippen LogP contribution in [0.2, 0.25) is 0 Å². The van der Waals surface area contributed by atoms with Gasteiger partial charge in [-0.3, -0.25) is 9.36 Å². The van der Waals surface area contributed by atoms with E-state index < -0.39 is 0 Å². The fourth-order valence-electron chi connectivity index (χ4n) is 6.10. The Morgan fingerprint density at radius 2 is 1.98 bits per heavy atom. The molecule has 0 spiro atoms. The summed E-state index contributed by atoms with van der Waals surface area (Å²) in [6.07, 6.45) is 6.94. The number of carbonyl (C=O) groups is 1. The van der Waals surface area contributed by atoms with Crippen molar-refractivity contribution in [3.63, 3.8) is 0 Å². The van der Waals surface area contributed by atoms with E-state index in [1.165, 1.54) is 17.2 Å². The summed E-state index contributed by atoms with van der Waals surface area (Å²) in [6.45, 7) is 6.88. The van der Waals surface area contributed by atoms with E-state index >= 15 is 0 Å². The molecular formula is C31H31N9O2. The van der Waals surface area contributed by atoms with E-state index in [2.05, 4.69) is 45.3 Å². The third-order valence-corrected chi connectivity index (χ3v) is 8.21. The molecule has 11 nitrogen and oxygen atoms in total. The molecule has 0 saturated carbocycles. The number of carbonyl (C=O) groups excluding carboxylic acids is 1. The van der Waals surface area contributed by atoms with Crippen LogP contribution in [0.4, 0.5) is 5.82 Å². The lowest BCUT2D eigenvalue weighted by molar-refractivity contribution is -0.127. The van der Waals surface area contributed by atoms with Crippen LogP contribution in [0.5, 0.6) is 0 Å². The number of benzene rings is 1. The van der Waals surface area contributed by atoms with Gasteiger partial charge in [-0.15, -0.1) is 10.2 Å². The number of hydrogen-bond acceptors (Lipinski definition) is 9. The van der Waals surface area contributed by atoms with Gasteiger partial charge >= 0.3 is 0 Å². The number of fused-ring (bicyclic) bond motifs is 2. The number of rotatable bonds is 6. The van der Waals surface area contributed by atoms with Crippen LogP contribution >= 0.6 is 0 Å². The van der Waals surface area contributed by atoms with E-state index in [-0.39, 0.29) is 11.9 Å². The summed E-state index contributed by atoms with van der Waals surface area (Å²) in [6, 6.07) is 14.7. The maximum Gasteiger partial charge on any atom is 0.266 e. The highest BCUT2D eigenvalue weighted by molar-refractivity contribution is 5.87. The Hall–Kier alpha value is -4.90. The summed E-state index contributed by atoms with van der Waals surface area (Å²) in [4.78, 5) is 28.0. The first-order valence-electron chi connectivity index (χ1n) is 14.2. The number of aryl methyl sites for hydroxylation is 2. The number of aromatic nitrogens is 6. The average Bonchev–Trinajstić information content (AvgIpc) is 3.73. The molecule has 1 amide bonds. The number of nitrogens with zero attached hydrogens (tertiary/aromatic N) is 7. The quantitative estimate of drug-likeness (QED) is 0.292. The van der Waals surface area contributed by atoms with Gasteiger partial charge < -0.3 is 20.4 Å². The molecule has 1 fully saturated rings. The fourth-order valence-corrected chi connectivity index (χ4v) is 6.10. The molecular weight excluding hydrogens is 530 g/mol. The summed E-state index contributed by atoms with van der Waals surface area (Å²) in [5, 5.41) is 12.0. The van der Waals surface area contributed by atoms with Crippen LogP contribution < -0.4 is 11.1 Å². The van der Waals surface area contributed by atoms with Crippen molar-refractivity contribution in [2.75, 3.05) is 18.8 Å². The van der Waals surface area contributed by atoms with Crippen LogP contribution in [-0.4, -0.2) is 59.7 Å². The maximum absolute atomic E-state index is 12.0. The summed E-state index contributed by atoms with van der Waals surface area (Å²) in [5.74, 6) is 1.90. The predicted octanol–water partition coefficient (Wildman–Crippen LogP) is 4.18. The molecule has 7 rings (SSSR count). The van der Waals surface area contributed by atoms with E-state index in [4.69, 9.17) is 20.1 Å². The van der Waals surface area contributed by atoms with Gasteiger partial charge in [0.05, 0.1) is 5.56 Å². The first kappa shape index (κ1) is 26.0. The number of likely N-dealkylation sites (tertiary alicyclic amines) is 1. The van der Waals surface area contributed by atoms with Gasteiger partial charge in [0.25, 0.3) is 5.89 Å². The Morgan fingerprint density at radius 1 is 1.12 bits per heavy atom. The molecule has 5 heterocycles. The standard InChI is InChI=1S/C31H31N9O2/c1-3-27(41)39-15-12-20(13-16-39)34-24-9-6-19-17-21(7-8-22(19)24)40-29(23-5-4-14-33-28(23)32)35-25-10-11-26(36-30(25)40)31-38-37-18(2)42-31/h3-5,7-8,10-11,14,17,20,24,34H,1,6,9,12-13,15-16H2,2H3,(H2,32,33). The molecule has 5 aromatic rings. The van der Waals surface area contributed by atoms with Gasteiger partial charge in [-0.25, -0.2) is 15.0 Å². The van der Waals surface area contributed by atoms with E-state index in [1.54, 1.807) is 13.1 Å². The van der Waals surface area contributed by atoms with E-state index in [9.17, 15) is 4.79 Å². The molecule has 1 saturated heterocycles.